The van der Waals surface area contributed by atoms with E-state index in [1.54, 1.807) is 32.9 Å². The smallest absolute Gasteiger partial charge is 0.408 e. The molecule has 0 radical (unpaired) electrons. The molecule has 3 atom stereocenters. The van der Waals surface area contributed by atoms with Crippen molar-refractivity contribution in [3.8, 4) is 0 Å². The number of halogens is 1. The monoisotopic (exact) mass is 688 g/mol. The Bertz CT molecular complexity index is 1770. The van der Waals surface area contributed by atoms with Gasteiger partial charge in [-0.2, -0.15) is 0 Å². The fourth-order valence-corrected chi connectivity index (χ4v) is 7.70. The zero-order valence-electron chi connectivity index (χ0n) is 26.4. The van der Waals surface area contributed by atoms with Gasteiger partial charge in [0, 0.05) is 23.9 Å². The molecule has 1 aromatic heterocycles. The number of β-lactam (4-membered cyclic amide) rings is 1. The SMILES string of the molecule is CC(C)(C)OC(=O)N[C@@H]1C(=O)N2C(C(=O)OC(c3ccccc3)c3ccccc3)=C(C=C3CCN(c4cccnc4Cl)C3=O)C[S@+]([O-])[C@H]12. The van der Waals surface area contributed by atoms with E-state index in [9.17, 15) is 23.7 Å². The summed E-state index contributed by atoms with van der Waals surface area (Å²) in [4.78, 5) is 60.8. The van der Waals surface area contributed by atoms with E-state index < -0.39 is 52.3 Å². The van der Waals surface area contributed by atoms with Crippen molar-refractivity contribution in [3.05, 3.63) is 118 Å². The predicted molar refractivity (Wildman–Crippen MR) is 179 cm³/mol. The maximum atomic E-state index is 14.3. The fraction of sp³-hybridized carbons (Fsp3) is 0.286. The highest BCUT2D eigenvalue weighted by Gasteiger charge is 2.61. The topological polar surface area (TPSA) is 141 Å². The fourth-order valence-electron chi connectivity index (χ4n) is 5.85. The van der Waals surface area contributed by atoms with Crippen molar-refractivity contribution in [1.29, 1.82) is 0 Å². The number of carbonyl (C=O) groups excluding carboxylic acids is 4. The van der Waals surface area contributed by atoms with Gasteiger partial charge in [-0.1, -0.05) is 72.3 Å². The van der Waals surface area contributed by atoms with Crippen molar-refractivity contribution in [2.24, 2.45) is 0 Å². The van der Waals surface area contributed by atoms with E-state index >= 15 is 0 Å². The number of rotatable bonds is 7. The molecular weight excluding hydrogens is 656 g/mol. The number of hydrogen-bond donors (Lipinski definition) is 1. The lowest BCUT2D eigenvalue weighted by molar-refractivity contribution is -0.154. The molecule has 3 aliphatic rings. The maximum Gasteiger partial charge on any atom is 0.408 e. The molecule has 0 bridgehead atoms. The summed E-state index contributed by atoms with van der Waals surface area (Å²) in [6.07, 6.45) is 1.65. The molecule has 0 spiro atoms. The highest BCUT2D eigenvalue weighted by atomic mass is 35.5. The number of nitrogens with zero attached hydrogens (tertiary/aromatic N) is 3. The molecule has 0 unspecified atom stereocenters. The third-order valence-corrected chi connectivity index (χ3v) is 9.86. The van der Waals surface area contributed by atoms with Crippen LogP contribution in [0.1, 0.15) is 44.4 Å². The van der Waals surface area contributed by atoms with Crippen LogP contribution in [0.25, 0.3) is 0 Å². The zero-order valence-corrected chi connectivity index (χ0v) is 28.0. The Hall–Kier alpha value is -4.65. The normalized spacial score (nSPS) is 21.7. The van der Waals surface area contributed by atoms with Crippen LogP contribution in [0, 0.1) is 0 Å². The summed E-state index contributed by atoms with van der Waals surface area (Å²) in [6, 6.07) is 20.5. The molecule has 3 aromatic rings. The molecule has 4 heterocycles. The number of carbonyl (C=O) groups is 4. The van der Waals surface area contributed by atoms with Crippen molar-refractivity contribution in [2.45, 2.75) is 50.3 Å². The van der Waals surface area contributed by atoms with Crippen molar-refractivity contribution in [1.82, 2.24) is 15.2 Å². The van der Waals surface area contributed by atoms with E-state index in [-0.39, 0.29) is 28.1 Å². The van der Waals surface area contributed by atoms with Crippen molar-refractivity contribution in [2.75, 3.05) is 17.2 Å². The molecule has 48 heavy (non-hydrogen) atoms. The largest absolute Gasteiger partial charge is 0.614 e. The Morgan fingerprint density at radius 3 is 2.29 bits per heavy atom. The number of hydrogen-bond acceptors (Lipinski definition) is 8. The van der Waals surface area contributed by atoms with Crippen molar-refractivity contribution in [3.63, 3.8) is 0 Å². The number of aromatic nitrogens is 1. The molecule has 2 aromatic carbocycles. The summed E-state index contributed by atoms with van der Waals surface area (Å²) >= 11 is 4.51. The first-order valence-electron chi connectivity index (χ1n) is 15.3. The highest BCUT2D eigenvalue weighted by Crippen LogP contribution is 2.40. The highest BCUT2D eigenvalue weighted by molar-refractivity contribution is 7.92. The van der Waals surface area contributed by atoms with Gasteiger partial charge in [0.15, 0.2) is 17.3 Å². The third kappa shape index (κ3) is 6.69. The lowest BCUT2D eigenvalue weighted by Gasteiger charge is -2.49. The lowest BCUT2D eigenvalue weighted by atomic mass is 10.00. The Morgan fingerprint density at radius 2 is 1.69 bits per heavy atom. The number of amides is 3. The van der Waals surface area contributed by atoms with Crippen LogP contribution in [0.15, 0.2) is 102 Å². The summed E-state index contributed by atoms with van der Waals surface area (Å²) in [7, 11) is 0. The molecule has 2 fully saturated rings. The zero-order chi connectivity index (χ0) is 34.2. The standard InChI is InChI=1S/C35H33ClN4O7S/c1-35(2,3)47-34(44)38-26-31(42)40-27(33(43)46-28(21-11-6-4-7-12-21)22-13-8-5-9-14-22)24(20-48(45)32(26)40)19-23-16-18-39(30(23)41)25-15-10-17-37-29(25)36/h4-15,17,19,26,28,32H,16,18,20H2,1-3H3,(H,38,44)/t26-,32-,48+/m1/s1. The maximum absolute atomic E-state index is 14.3. The Morgan fingerprint density at radius 1 is 1.04 bits per heavy atom. The number of esters is 1. The molecule has 6 rings (SSSR count). The van der Waals surface area contributed by atoms with E-state index in [1.807, 2.05) is 60.7 Å². The van der Waals surface area contributed by atoms with E-state index in [4.69, 9.17) is 21.1 Å². The second-order valence-corrected chi connectivity index (χ2v) is 14.3. The van der Waals surface area contributed by atoms with Gasteiger partial charge in [-0.3, -0.25) is 14.5 Å². The summed E-state index contributed by atoms with van der Waals surface area (Å²) in [5.41, 5.74) is 1.41. The van der Waals surface area contributed by atoms with Gasteiger partial charge in [0.1, 0.15) is 17.1 Å². The van der Waals surface area contributed by atoms with Crippen LogP contribution in [-0.2, 0) is 35.0 Å². The second kappa shape index (κ2) is 13.5. The minimum absolute atomic E-state index is 0.137. The van der Waals surface area contributed by atoms with Gasteiger partial charge in [-0.25, -0.2) is 14.6 Å². The number of nitrogens with one attached hydrogen (secondary N) is 1. The number of allylic oxidation sites excluding steroid dienone is 1. The van der Waals surface area contributed by atoms with Gasteiger partial charge in [0.05, 0.1) is 5.69 Å². The third-order valence-electron chi connectivity index (χ3n) is 7.95. The average molecular weight is 689 g/mol. The van der Waals surface area contributed by atoms with E-state index in [0.29, 0.717) is 35.4 Å². The number of anilines is 1. The first kappa shape index (κ1) is 33.3. The molecule has 0 aliphatic carbocycles. The van der Waals surface area contributed by atoms with Gasteiger partial charge >= 0.3 is 12.1 Å². The van der Waals surface area contributed by atoms with Gasteiger partial charge in [0.2, 0.25) is 5.37 Å². The van der Waals surface area contributed by atoms with E-state index in [0.717, 1.165) is 4.90 Å². The Balaban J connectivity index is 1.38. The molecule has 3 amide bonds. The number of ether oxygens (including phenoxy) is 2. The van der Waals surface area contributed by atoms with Crippen LogP contribution in [0.4, 0.5) is 10.5 Å². The summed E-state index contributed by atoms with van der Waals surface area (Å²) in [5.74, 6) is -2.03. The van der Waals surface area contributed by atoms with Crippen LogP contribution in [0.2, 0.25) is 5.15 Å². The minimum Gasteiger partial charge on any atom is -0.614 e. The number of alkyl carbamates (subject to hydrolysis) is 1. The van der Waals surface area contributed by atoms with Gasteiger partial charge in [-0.05, 0) is 67.7 Å². The predicted octanol–water partition coefficient (Wildman–Crippen LogP) is 4.81. The molecular formula is C35H33ClN4O7S. The molecule has 1 N–H and O–H groups in total. The van der Waals surface area contributed by atoms with Crippen LogP contribution < -0.4 is 10.2 Å². The van der Waals surface area contributed by atoms with E-state index in [1.165, 1.54) is 17.2 Å². The molecule has 248 valence electrons. The van der Waals surface area contributed by atoms with Crippen LogP contribution >= 0.6 is 11.6 Å². The Labute approximate surface area is 285 Å². The number of pyridine rings is 1. The minimum atomic E-state index is -1.76. The molecule has 0 saturated carbocycles. The van der Waals surface area contributed by atoms with Gasteiger partial charge in [-0.15, -0.1) is 0 Å². The van der Waals surface area contributed by atoms with Crippen LogP contribution in [0.3, 0.4) is 0 Å². The van der Waals surface area contributed by atoms with Gasteiger partial charge < -0.3 is 24.2 Å². The molecule has 11 nitrogen and oxygen atoms in total. The second-order valence-electron chi connectivity index (χ2n) is 12.4. The van der Waals surface area contributed by atoms with Crippen LogP contribution in [0.5, 0.6) is 0 Å². The summed E-state index contributed by atoms with van der Waals surface area (Å²) in [6.45, 7) is 5.35. The number of fused-ring (bicyclic) bond motifs is 1. The molecule has 13 heteroatoms. The summed E-state index contributed by atoms with van der Waals surface area (Å²) in [5, 5.41) is 1.63. The van der Waals surface area contributed by atoms with Crippen molar-refractivity contribution >= 4 is 52.3 Å². The first-order chi connectivity index (χ1) is 22.9. The molecule has 2 saturated heterocycles. The van der Waals surface area contributed by atoms with Gasteiger partial charge in [0.25, 0.3) is 11.8 Å². The number of benzene rings is 2. The summed E-state index contributed by atoms with van der Waals surface area (Å²) < 4.78 is 25.2. The first-order valence-corrected chi connectivity index (χ1v) is 17.1. The molecule has 3 aliphatic heterocycles. The average Bonchev–Trinajstić information content (AvgIpc) is 3.41. The Kier molecular flexibility index (Phi) is 9.33. The van der Waals surface area contributed by atoms with Crippen LogP contribution in [-0.4, -0.2) is 67.6 Å². The van der Waals surface area contributed by atoms with Crippen molar-refractivity contribution < 1.29 is 33.2 Å². The van der Waals surface area contributed by atoms with E-state index in [2.05, 4.69) is 10.3 Å². The lowest BCUT2D eigenvalue weighted by Crippen LogP contribution is -2.75. The quantitative estimate of drug-likeness (QED) is 0.123.